The Labute approximate surface area is 212 Å². The van der Waals surface area contributed by atoms with Gasteiger partial charge >= 0.3 is 0 Å². The zero-order chi connectivity index (χ0) is 25.1. The van der Waals surface area contributed by atoms with Crippen LogP contribution in [0.4, 0.5) is 0 Å². The summed E-state index contributed by atoms with van der Waals surface area (Å²) < 4.78 is 2.56. The van der Waals surface area contributed by atoms with Gasteiger partial charge in [0.25, 0.3) is 0 Å². The molecule has 0 radical (unpaired) electrons. The maximum Gasteiger partial charge on any atom is 0.224 e. The molecule has 35 heavy (non-hydrogen) atoms. The van der Waals surface area contributed by atoms with Gasteiger partial charge in [0.1, 0.15) is 11.9 Å². The quantitative estimate of drug-likeness (QED) is 0.318. The second-order valence-electron chi connectivity index (χ2n) is 8.69. The fraction of sp³-hybridized carbons (Fsp3) is 0.320. The number of carbonyl (C=O) groups excluding carboxylic acids is 1. The fourth-order valence-corrected chi connectivity index (χ4v) is 5.62. The molecule has 10 heteroatoms. The normalized spacial score (nSPS) is 12.4. The summed E-state index contributed by atoms with van der Waals surface area (Å²) >= 11 is 7.35. The Hall–Kier alpha value is -2.98. The zero-order valence-electron chi connectivity index (χ0n) is 19.8. The summed E-state index contributed by atoms with van der Waals surface area (Å²) in [6, 6.07) is 7.26. The molecule has 1 amide bonds. The number of amides is 1. The van der Waals surface area contributed by atoms with Crippen LogP contribution >= 0.6 is 22.9 Å². The van der Waals surface area contributed by atoms with Gasteiger partial charge in [-0.1, -0.05) is 23.7 Å². The summed E-state index contributed by atoms with van der Waals surface area (Å²) in [5.41, 5.74) is 3.19. The Kier molecular flexibility index (Phi) is 7.71. The van der Waals surface area contributed by atoms with Crippen molar-refractivity contribution in [3.05, 3.63) is 85.5 Å². The summed E-state index contributed by atoms with van der Waals surface area (Å²) in [6.45, 7) is 3.36. The van der Waals surface area contributed by atoms with E-state index in [1.165, 1.54) is 11.3 Å². The number of halogens is 1. The van der Waals surface area contributed by atoms with Crippen LogP contribution in [-0.2, 0) is 31.4 Å². The number of fused-ring (bicyclic) bond motifs is 1. The standard InChI is InChI=1S/C25H28ClN5O3S/c1-15-20(14-30(2)13-19(32)25-27-8-9-28-25)35-24-22(15)31(3)12-17(23(24)34)10-21(33)29-11-16-4-6-18(26)7-5-16/h4-9,12,19,32H,10-11,13-14H2,1-3H3,(H,27,28)(H,29,33). The molecule has 3 heterocycles. The average Bonchev–Trinajstić information content (AvgIpc) is 3.46. The minimum Gasteiger partial charge on any atom is -0.384 e. The fourth-order valence-electron chi connectivity index (χ4n) is 4.10. The molecule has 0 spiro atoms. The number of imidazole rings is 1. The molecule has 0 aliphatic carbocycles. The first-order valence-electron chi connectivity index (χ1n) is 11.2. The molecular formula is C25H28ClN5O3S. The first-order chi connectivity index (χ1) is 16.7. The number of nitrogens with zero attached hydrogens (tertiary/aromatic N) is 3. The molecule has 4 rings (SSSR count). The van der Waals surface area contributed by atoms with Gasteiger partial charge in [0.2, 0.25) is 11.3 Å². The van der Waals surface area contributed by atoms with E-state index in [0.717, 1.165) is 21.5 Å². The summed E-state index contributed by atoms with van der Waals surface area (Å²) in [5.74, 6) is 0.314. The van der Waals surface area contributed by atoms with Crippen molar-refractivity contribution in [2.24, 2.45) is 7.05 Å². The molecule has 3 N–H and O–H groups in total. The molecular weight excluding hydrogens is 486 g/mol. The molecule has 0 aliphatic rings. The second-order valence-corrected chi connectivity index (χ2v) is 10.2. The Morgan fingerprint density at radius 3 is 2.77 bits per heavy atom. The maximum absolute atomic E-state index is 13.2. The van der Waals surface area contributed by atoms with Crippen molar-refractivity contribution in [2.45, 2.75) is 32.5 Å². The third-order valence-corrected chi connectivity index (χ3v) is 7.42. The molecule has 0 aliphatic heterocycles. The molecule has 0 saturated heterocycles. The van der Waals surface area contributed by atoms with E-state index in [2.05, 4.69) is 15.3 Å². The predicted octanol–water partition coefficient (Wildman–Crippen LogP) is 3.31. The molecule has 8 nitrogen and oxygen atoms in total. The number of benzene rings is 1. The van der Waals surface area contributed by atoms with Crippen molar-refractivity contribution < 1.29 is 9.90 Å². The highest BCUT2D eigenvalue weighted by molar-refractivity contribution is 7.19. The summed E-state index contributed by atoms with van der Waals surface area (Å²) in [4.78, 5) is 35.9. The number of aliphatic hydroxyl groups excluding tert-OH is 1. The number of aliphatic hydroxyl groups is 1. The van der Waals surface area contributed by atoms with E-state index < -0.39 is 6.10 Å². The van der Waals surface area contributed by atoms with Crippen LogP contribution in [0.15, 0.2) is 47.7 Å². The molecule has 0 bridgehead atoms. The van der Waals surface area contributed by atoms with Gasteiger partial charge in [-0.3, -0.25) is 14.5 Å². The number of hydrogen-bond acceptors (Lipinski definition) is 6. The van der Waals surface area contributed by atoms with Crippen molar-refractivity contribution in [3.8, 4) is 0 Å². The van der Waals surface area contributed by atoms with Crippen LogP contribution in [0, 0.1) is 6.92 Å². The minimum absolute atomic E-state index is 0.0116. The van der Waals surface area contributed by atoms with Crippen LogP contribution in [0.25, 0.3) is 10.2 Å². The lowest BCUT2D eigenvalue weighted by atomic mass is 10.1. The molecule has 1 atom stereocenters. The summed E-state index contributed by atoms with van der Waals surface area (Å²) in [6.07, 6.45) is 4.33. The Bertz CT molecular complexity index is 1380. The van der Waals surface area contributed by atoms with Gasteiger partial charge in [-0.15, -0.1) is 11.3 Å². The predicted molar refractivity (Wildman–Crippen MR) is 139 cm³/mol. The van der Waals surface area contributed by atoms with E-state index in [-0.39, 0.29) is 17.8 Å². The molecule has 1 aromatic carbocycles. The van der Waals surface area contributed by atoms with Crippen molar-refractivity contribution in [1.82, 2.24) is 24.8 Å². The number of H-pyrrole nitrogens is 1. The van der Waals surface area contributed by atoms with E-state index in [4.69, 9.17) is 11.6 Å². The lowest BCUT2D eigenvalue weighted by Gasteiger charge is -2.19. The van der Waals surface area contributed by atoms with Crippen molar-refractivity contribution in [3.63, 3.8) is 0 Å². The molecule has 4 aromatic rings. The lowest BCUT2D eigenvalue weighted by molar-refractivity contribution is -0.120. The monoisotopic (exact) mass is 513 g/mol. The van der Waals surface area contributed by atoms with Crippen molar-refractivity contribution in [2.75, 3.05) is 13.6 Å². The first kappa shape index (κ1) is 25.1. The van der Waals surface area contributed by atoms with Crippen LogP contribution in [-0.4, -0.2) is 44.0 Å². The Balaban J connectivity index is 1.48. The number of nitrogens with one attached hydrogen (secondary N) is 2. The van der Waals surface area contributed by atoms with Gasteiger partial charge in [-0.05, 0) is 37.2 Å². The lowest BCUT2D eigenvalue weighted by Crippen LogP contribution is -2.27. The largest absolute Gasteiger partial charge is 0.384 e. The maximum atomic E-state index is 13.2. The van der Waals surface area contributed by atoms with Gasteiger partial charge < -0.3 is 20.0 Å². The van der Waals surface area contributed by atoms with E-state index in [1.807, 2.05) is 42.6 Å². The van der Waals surface area contributed by atoms with E-state index in [9.17, 15) is 14.7 Å². The molecule has 0 saturated carbocycles. The summed E-state index contributed by atoms with van der Waals surface area (Å²) in [5, 5.41) is 13.9. The molecule has 3 aromatic heterocycles. The number of pyridine rings is 1. The topological polar surface area (TPSA) is 103 Å². The second kappa shape index (κ2) is 10.7. The van der Waals surface area contributed by atoms with Crippen LogP contribution in [0.5, 0.6) is 0 Å². The molecule has 184 valence electrons. The van der Waals surface area contributed by atoms with Gasteiger partial charge in [-0.2, -0.15) is 0 Å². The third kappa shape index (κ3) is 5.82. The van der Waals surface area contributed by atoms with Crippen molar-refractivity contribution >= 4 is 39.1 Å². The van der Waals surface area contributed by atoms with E-state index >= 15 is 0 Å². The number of aromatic nitrogens is 3. The minimum atomic E-state index is -0.728. The number of thiophene rings is 1. The van der Waals surface area contributed by atoms with Crippen LogP contribution < -0.4 is 10.7 Å². The van der Waals surface area contributed by atoms with Crippen molar-refractivity contribution in [1.29, 1.82) is 0 Å². The highest BCUT2D eigenvalue weighted by Gasteiger charge is 2.20. The van der Waals surface area contributed by atoms with Gasteiger partial charge in [0.05, 0.1) is 16.6 Å². The van der Waals surface area contributed by atoms with Gasteiger partial charge in [0, 0.05) is 60.7 Å². The highest BCUT2D eigenvalue weighted by atomic mass is 35.5. The SMILES string of the molecule is Cc1c(CN(C)CC(O)c2ncc[nH]2)sc2c(=O)c(CC(=O)NCc3ccc(Cl)cc3)cn(C)c12. The van der Waals surface area contributed by atoms with E-state index in [1.54, 1.807) is 30.7 Å². The number of aromatic amines is 1. The van der Waals surface area contributed by atoms with Crippen LogP contribution in [0.1, 0.15) is 33.5 Å². The third-order valence-electron chi connectivity index (χ3n) is 5.90. The summed E-state index contributed by atoms with van der Waals surface area (Å²) in [7, 11) is 3.81. The Morgan fingerprint density at radius 1 is 1.34 bits per heavy atom. The van der Waals surface area contributed by atoms with Crippen LogP contribution in [0.3, 0.4) is 0 Å². The van der Waals surface area contributed by atoms with Crippen LogP contribution in [0.2, 0.25) is 5.02 Å². The van der Waals surface area contributed by atoms with E-state index in [0.29, 0.717) is 40.7 Å². The highest BCUT2D eigenvalue weighted by Crippen LogP contribution is 2.30. The average molecular weight is 514 g/mol. The number of carbonyl (C=O) groups is 1. The molecule has 1 unspecified atom stereocenters. The van der Waals surface area contributed by atoms with Gasteiger partial charge in [0.15, 0.2) is 0 Å². The first-order valence-corrected chi connectivity index (χ1v) is 12.4. The smallest absolute Gasteiger partial charge is 0.224 e. The number of likely N-dealkylation sites (N-methyl/N-ethyl adjacent to an activating group) is 1. The number of hydrogen-bond donors (Lipinski definition) is 3. The number of aryl methyl sites for hydroxylation is 2. The zero-order valence-corrected chi connectivity index (χ0v) is 21.4. The Morgan fingerprint density at radius 2 is 2.09 bits per heavy atom. The molecule has 0 fully saturated rings. The number of rotatable bonds is 9. The van der Waals surface area contributed by atoms with Gasteiger partial charge in [-0.25, -0.2) is 4.98 Å².